The summed E-state index contributed by atoms with van der Waals surface area (Å²) >= 11 is 12.3. The molecule has 7 heterocycles. The summed E-state index contributed by atoms with van der Waals surface area (Å²) in [4.78, 5) is 75.0. The third-order valence-electron chi connectivity index (χ3n) is 15.6. The van der Waals surface area contributed by atoms with Gasteiger partial charge in [0.05, 0.1) is 48.4 Å². The minimum absolute atomic E-state index is 0.0117. The van der Waals surface area contributed by atoms with Crippen LogP contribution in [-0.2, 0) is 50.2 Å². The Morgan fingerprint density at radius 3 is 1.80 bits per heavy atom. The Morgan fingerprint density at radius 2 is 1.22 bits per heavy atom. The maximum absolute atomic E-state index is 13.2. The molecule has 83 heavy (non-hydrogen) atoms. The van der Waals surface area contributed by atoms with Crippen LogP contribution in [0, 0.1) is 12.8 Å². The third-order valence-corrected chi connectivity index (χ3v) is 16.3. The second-order valence-electron chi connectivity index (χ2n) is 21.6. The highest BCUT2D eigenvalue weighted by atomic mass is 35.5. The van der Waals surface area contributed by atoms with Crippen molar-refractivity contribution in [1.82, 2.24) is 48.9 Å². The van der Waals surface area contributed by atoms with E-state index in [2.05, 4.69) is 97.6 Å². The molecule has 0 aliphatic carbocycles. The number of benzene rings is 3. The summed E-state index contributed by atoms with van der Waals surface area (Å²) in [6, 6.07) is 37.9. The first-order chi connectivity index (χ1) is 40.1. The Balaban J connectivity index is 0.000000164. The van der Waals surface area contributed by atoms with Crippen LogP contribution in [0.15, 0.2) is 146 Å². The molecule has 16 nitrogen and oxygen atoms in total. The van der Waals surface area contributed by atoms with Gasteiger partial charge < -0.3 is 43.8 Å². The molecular formula is C65H78Cl2N10O6. The number of amides is 5. The molecule has 3 aliphatic rings. The lowest BCUT2D eigenvalue weighted by Crippen LogP contribution is -2.48. The standard InChI is InChI=1S/C24H26N4O3.C21H25Cl2N3O2.C20H27N3O/c1-31-20-5-2-4-19(16-20)24-21-6-3-13-27(21)14-15-28(24)23(30)8-7-22(29)26-17-18-9-11-25-12-10-18;1-4-24(21(28)14(2)3)13-19(27)26-11-10-25-9-5-6-18(25)20(26)15-7-8-16(22)17(23)12-15;1-4-16(3)21-19(24)14-23-13-12-22-11-5-6-18(22)20(23)17-9-7-15(2)8-10-17/h2-6,9-13,16,24H,7-8,14-15,17H2,1H3,(H,26,29);5-9,12,14,20H,4,10-11,13H2,1-3H3;5-11,16,20H,4,12-14H2,1-3H3,(H,21,24). The van der Waals surface area contributed by atoms with Crippen LogP contribution < -0.4 is 15.4 Å². The van der Waals surface area contributed by atoms with Gasteiger partial charge in [0.2, 0.25) is 29.5 Å². The number of carbonyl (C=O) groups excluding carboxylic acids is 5. The first-order valence-corrected chi connectivity index (χ1v) is 29.5. The van der Waals surface area contributed by atoms with Crippen LogP contribution in [0.4, 0.5) is 0 Å². The SMILES string of the molecule is CCC(C)NC(=O)CN1CCn2cccc2C1c1ccc(C)cc1.CCN(CC(=O)N1CCn2cccc2C1c1ccc(Cl)c(Cl)c1)C(=O)C(C)C.COc1cccc(C2c3cccn3CCN2C(=O)CCC(=O)NCc2ccncc2)c1. The van der Waals surface area contributed by atoms with Gasteiger partial charge >= 0.3 is 0 Å². The van der Waals surface area contributed by atoms with Gasteiger partial charge in [-0.15, -0.1) is 0 Å². The van der Waals surface area contributed by atoms with Crippen LogP contribution in [-0.4, -0.2) is 120 Å². The zero-order valence-electron chi connectivity index (χ0n) is 48.7. The number of fused-ring (bicyclic) bond motifs is 3. The summed E-state index contributed by atoms with van der Waals surface area (Å²) in [7, 11) is 1.64. The lowest BCUT2D eigenvalue weighted by molar-refractivity contribution is -0.143. The van der Waals surface area contributed by atoms with E-state index in [1.165, 1.54) is 16.8 Å². The third kappa shape index (κ3) is 15.5. The Labute approximate surface area is 498 Å². The molecule has 4 atom stereocenters. The molecule has 7 aromatic rings. The normalized spacial score (nSPS) is 16.6. The number of hydrogen-bond donors (Lipinski definition) is 2. The molecule has 438 valence electrons. The van der Waals surface area contributed by atoms with Crippen molar-refractivity contribution in [3.8, 4) is 5.75 Å². The van der Waals surface area contributed by atoms with Crippen molar-refractivity contribution >= 4 is 52.7 Å². The van der Waals surface area contributed by atoms with Gasteiger partial charge in [0.1, 0.15) is 5.75 Å². The largest absolute Gasteiger partial charge is 0.497 e. The minimum atomic E-state index is -0.265. The van der Waals surface area contributed by atoms with Crippen molar-refractivity contribution < 1.29 is 28.7 Å². The van der Waals surface area contributed by atoms with Gasteiger partial charge in [-0.2, -0.15) is 0 Å². The van der Waals surface area contributed by atoms with Gasteiger partial charge in [-0.25, -0.2) is 0 Å². The van der Waals surface area contributed by atoms with E-state index in [9.17, 15) is 24.0 Å². The predicted octanol–water partition coefficient (Wildman–Crippen LogP) is 10.3. The molecule has 2 N–H and O–H groups in total. The maximum atomic E-state index is 13.2. The zero-order chi connectivity index (χ0) is 59.2. The van der Waals surface area contributed by atoms with Gasteiger partial charge in [-0.3, -0.25) is 33.9 Å². The van der Waals surface area contributed by atoms with E-state index in [0.717, 1.165) is 66.4 Å². The van der Waals surface area contributed by atoms with E-state index in [-0.39, 0.29) is 79.0 Å². The number of hydrogen-bond acceptors (Lipinski definition) is 8. The number of nitrogens with one attached hydrogen (secondary N) is 2. The molecular weight excluding hydrogens is 1090 g/mol. The number of aryl methyl sites for hydroxylation is 1. The van der Waals surface area contributed by atoms with Crippen molar-refractivity contribution in [2.75, 3.05) is 46.4 Å². The first-order valence-electron chi connectivity index (χ1n) is 28.7. The number of nitrogens with zero attached hydrogens (tertiary/aromatic N) is 8. The number of carbonyl (C=O) groups is 5. The zero-order valence-corrected chi connectivity index (χ0v) is 50.2. The second kappa shape index (κ2) is 29.0. The van der Waals surface area contributed by atoms with E-state index < -0.39 is 0 Å². The summed E-state index contributed by atoms with van der Waals surface area (Å²) in [5, 5.41) is 6.90. The topological polar surface area (TPSA) is 159 Å². The monoisotopic (exact) mass is 1160 g/mol. The molecule has 18 heteroatoms. The lowest BCUT2D eigenvalue weighted by Gasteiger charge is -2.38. The molecule has 0 bridgehead atoms. The molecule has 10 rings (SSSR count). The predicted molar refractivity (Wildman–Crippen MR) is 325 cm³/mol. The second-order valence-corrected chi connectivity index (χ2v) is 22.4. The van der Waals surface area contributed by atoms with Gasteiger partial charge in [-0.05, 0) is 122 Å². The highest BCUT2D eigenvalue weighted by molar-refractivity contribution is 6.42. The molecule has 0 radical (unpaired) electrons. The van der Waals surface area contributed by atoms with E-state index in [0.29, 0.717) is 42.8 Å². The molecule has 5 amide bonds. The smallest absolute Gasteiger partial charge is 0.243 e. The summed E-state index contributed by atoms with van der Waals surface area (Å²) in [6.07, 6.45) is 10.9. The number of aromatic nitrogens is 4. The summed E-state index contributed by atoms with van der Waals surface area (Å²) in [6.45, 7) is 17.7. The fraction of sp³-hybridized carbons (Fsp3) is 0.385. The van der Waals surface area contributed by atoms with Gasteiger partial charge in [0.25, 0.3) is 0 Å². The number of likely N-dealkylation sites (N-methyl/N-ethyl adjacent to an activating group) is 1. The van der Waals surface area contributed by atoms with Crippen molar-refractivity contribution in [3.63, 3.8) is 0 Å². The molecule has 0 fully saturated rings. The molecule has 3 aliphatic heterocycles. The van der Waals surface area contributed by atoms with Crippen molar-refractivity contribution in [2.45, 2.75) is 111 Å². The fourth-order valence-corrected chi connectivity index (χ4v) is 11.3. The number of ether oxygens (including phenoxy) is 1. The quantitative estimate of drug-likeness (QED) is 0.0912. The fourth-order valence-electron chi connectivity index (χ4n) is 11.0. The van der Waals surface area contributed by atoms with Gasteiger partial charge in [0.15, 0.2) is 0 Å². The van der Waals surface area contributed by atoms with Crippen LogP contribution in [0.25, 0.3) is 0 Å². The minimum Gasteiger partial charge on any atom is -0.497 e. The summed E-state index contributed by atoms with van der Waals surface area (Å²) < 4.78 is 12.0. The molecule has 0 saturated heterocycles. The number of rotatable bonds is 17. The Kier molecular flexibility index (Phi) is 21.5. The average molecular weight is 1170 g/mol. The number of halogens is 2. The van der Waals surface area contributed by atoms with Crippen LogP contribution in [0.3, 0.4) is 0 Å². The van der Waals surface area contributed by atoms with Crippen molar-refractivity contribution in [1.29, 1.82) is 0 Å². The van der Waals surface area contributed by atoms with Gasteiger partial charge in [-0.1, -0.05) is 92.0 Å². The lowest BCUT2D eigenvalue weighted by atomic mass is 9.99. The highest BCUT2D eigenvalue weighted by Crippen LogP contribution is 2.37. The van der Waals surface area contributed by atoms with Crippen molar-refractivity contribution in [2.24, 2.45) is 5.92 Å². The molecule has 0 spiro atoms. The maximum Gasteiger partial charge on any atom is 0.243 e. The van der Waals surface area contributed by atoms with Crippen molar-refractivity contribution in [3.05, 3.63) is 201 Å². The molecule has 3 aromatic carbocycles. The number of pyridine rings is 1. The average Bonchev–Trinajstić information content (AvgIpc) is 3.01. The van der Waals surface area contributed by atoms with Crippen LogP contribution in [0.5, 0.6) is 5.75 Å². The van der Waals surface area contributed by atoms with Crippen LogP contribution >= 0.6 is 23.2 Å². The molecule has 4 aromatic heterocycles. The number of methoxy groups -OCH3 is 1. The molecule has 0 saturated carbocycles. The van der Waals surface area contributed by atoms with Crippen LogP contribution in [0.1, 0.15) is 117 Å². The molecule has 4 unspecified atom stereocenters. The van der Waals surface area contributed by atoms with Gasteiger partial charge in [0, 0.05) is 125 Å². The summed E-state index contributed by atoms with van der Waals surface area (Å²) in [5.41, 5.74) is 8.73. The summed E-state index contributed by atoms with van der Waals surface area (Å²) in [5.74, 6) is 0.479. The highest BCUT2D eigenvalue weighted by Gasteiger charge is 2.35. The van der Waals surface area contributed by atoms with E-state index in [4.69, 9.17) is 27.9 Å². The van der Waals surface area contributed by atoms with E-state index in [1.807, 2.05) is 116 Å². The van der Waals surface area contributed by atoms with E-state index in [1.54, 1.807) is 30.5 Å². The Bertz CT molecular complexity index is 3300. The van der Waals surface area contributed by atoms with E-state index >= 15 is 0 Å². The first kappa shape index (κ1) is 61.4. The van der Waals surface area contributed by atoms with Crippen LogP contribution in [0.2, 0.25) is 10.0 Å². The Morgan fingerprint density at radius 1 is 0.639 bits per heavy atom. The Hall–Kier alpha value is -7.66.